The Balaban J connectivity index is 2.88. The minimum Gasteiger partial charge on any atom is -0.293 e. The summed E-state index contributed by atoms with van der Waals surface area (Å²) in [7, 11) is 0. The molecule has 1 aromatic heterocycles. The van der Waals surface area contributed by atoms with Crippen LogP contribution in [0.4, 0.5) is 4.39 Å². The van der Waals surface area contributed by atoms with Gasteiger partial charge in [0.15, 0.2) is 0 Å². The molecule has 0 bridgehead atoms. The second-order valence-electron chi connectivity index (χ2n) is 1.60. The summed E-state index contributed by atoms with van der Waals surface area (Å²) in [5.41, 5.74) is 0. The zero-order valence-corrected chi connectivity index (χ0v) is 7.64. The minimum atomic E-state index is -0.390. The Bertz CT molecular complexity index is 189. The molecule has 0 radical (unpaired) electrons. The van der Waals surface area contributed by atoms with Gasteiger partial charge in [0.1, 0.15) is 5.82 Å². The third-order valence-corrected chi connectivity index (χ3v) is 3.34. The van der Waals surface area contributed by atoms with E-state index in [0.29, 0.717) is 0 Å². The molecule has 1 aromatic rings. The van der Waals surface area contributed by atoms with Crippen LogP contribution in [-0.2, 0) is 0 Å². The minimum absolute atomic E-state index is 0.270. The van der Waals surface area contributed by atoms with Crippen LogP contribution >= 0.6 is 12.9 Å². The van der Waals surface area contributed by atoms with Gasteiger partial charge in [0, 0.05) is 0 Å². The highest BCUT2D eigenvalue weighted by atomic mass is 79.9. The molecule has 0 aliphatic carbocycles. The second-order valence-corrected chi connectivity index (χ2v) is 4.28. The fourth-order valence-corrected chi connectivity index (χ4v) is 1.85. The van der Waals surface area contributed by atoms with Crippen LogP contribution in [0.15, 0.2) is 18.3 Å². The molecule has 0 amide bonds. The summed E-state index contributed by atoms with van der Waals surface area (Å²) in [6, 6.07) is 3.13. The number of hydrogen-bond acceptors (Lipinski definition) is 1. The molecule has 44 valence electrons. The van der Waals surface area contributed by atoms with E-state index in [0.717, 1.165) is 3.82 Å². The predicted molar refractivity (Wildman–Crippen MR) is 38.5 cm³/mol. The quantitative estimate of drug-likeness (QED) is 0.613. The molecule has 0 unspecified atom stereocenters. The second kappa shape index (κ2) is 3.48. The van der Waals surface area contributed by atoms with Gasteiger partial charge >= 0.3 is 18.2 Å². The van der Waals surface area contributed by atoms with E-state index < -0.39 is 18.2 Å². The Morgan fingerprint density at radius 1 is 1.56 bits per heavy atom. The average Bonchev–Trinajstić information content (AvgIpc) is 1.90. The first-order valence-electron chi connectivity index (χ1n) is 2.49. The van der Waals surface area contributed by atoms with E-state index in [1.54, 1.807) is 6.07 Å². The fourth-order valence-electron chi connectivity index (χ4n) is 0.485. The van der Waals surface area contributed by atoms with Crippen molar-refractivity contribution in [2.75, 3.05) is 0 Å². The van der Waals surface area contributed by atoms with Gasteiger partial charge in [0.05, 0.1) is 6.20 Å². The summed E-state index contributed by atoms with van der Waals surface area (Å²) >= 11 is 2.95. The summed E-state index contributed by atoms with van der Waals surface area (Å²) in [6.07, 6.45) is 1.24. The lowest BCUT2D eigenvalue weighted by molar-refractivity contribution is 0.622. The van der Waals surface area contributed by atoms with Crippen LogP contribution in [0.1, 0.15) is 0 Å². The molecule has 4 heteroatoms. The largest absolute Gasteiger partial charge is 0.535 e. The number of aromatic nitrogens is 1. The molecule has 0 N–H and O–H groups in total. The third kappa shape index (κ3) is 2.19. The number of nitrogens with zero attached hydrogens (tertiary/aromatic N) is 1. The van der Waals surface area contributed by atoms with Crippen LogP contribution in [-0.4, -0.2) is 23.2 Å². The first-order chi connectivity index (χ1) is 4.33. The van der Waals surface area contributed by atoms with Crippen LogP contribution in [0.2, 0.25) is 0 Å². The van der Waals surface area contributed by atoms with Crippen molar-refractivity contribution in [3.8, 4) is 0 Å². The molecule has 0 aromatic carbocycles. The number of rotatable bonds is 1. The highest BCUT2D eigenvalue weighted by molar-refractivity contribution is 9.23. The predicted octanol–water partition coefficient (Wildman–Crippen LogP) is 0.860. The van der Waals surface area contributed by atoms with Gasteiger partial charge in [-0.25, -0.2) is 4.39 Å². The van der Waals surface area contributed by atoms with Crippen molar-refractivity contribution < 1.29 is 4.39 Å². The summed E-state index contributed by atoms with van der Waals surface area (Å²) in [5.74, 6) is -0.270. The van der Waals surface area contributed by atoms with Crippen molar-refractivity contribution in [2.45, 2.75) is 0 Å². The highest BCUT2D eigenvalue weighted by Crippen LogP contribution is 1.88. The lowest BCUT2D eigenvalue weighted by Gasteiger charge is -1.90. The van der Waals surface area contributed by atoms with Gasteiger partial charge in [0.25, 0.3) is 0 Å². The van der Waals surface area contributed by atoms with Gasteiger partial charge in [0.2, 0.25) is 0 Å². The highest BCUT2D eigenvalue weighted by Gasteiger charge is 1.94. The van der Waals surface area contributed by atoms with Crippen molar-refractivity contribution in [3.63, 3.8) is 0 Å². The topological polar surface area (TPSA) is 12.9 Å². The van der Waals surface area contributed by atoms with Crippen LogP contribution in [0.3, 0.4) is 0 Å². The Hall–Kier alpha value is 0.326. The Kier molecular flexibility index (Phi) is 2.88. The molecule has 9 heavy (non-hydrogen) atoms. The molecule has 0 saturated heterocycles. The van der Waals surface area contributed by atoms with Gasteiger partial charge in [-0.2, -0.15) is 0 Å². The van der Waals surface area contributed by atoms with Crippen molar-refractivity contribution in [1.82, 2.24) is 4.98 Å². The van der Waals surface area contributed by atoms with Crippen LogP contribution in [0, 0.1) is 5.82 Å². The molecule has 0 fully saturated rings. The molecular weight excluding hydrogens is 197 g/mol. The normalized spacial score (nSPS) is 8.67. The molecule has 0 aliphatic heterocycles. The number of halogens is 2. The first-order valence-corrected chi connectivity index (χ1v) is 7.10. The maximum atomic E-state index is 12.2. The molecule has 0 saturated carbocycles. The molecule has 1 heterocycles. The molecule has 0 atom stereocenters. The zero-order chi connectivity index (χ0) is 6.69. The third-order valence-electron chi connectivity index (χ3n) is 0.926. The SMILES string of the molecule is Fc1cc[c]([Mg][Br])nc1. The van der Waals surface area contributed by atoms with Crippen LogP contribution in [0.5, 0.6) is 0 Å². The summed E-state index contributed by atoms with van der Waals surface area (Å²) < 4.78 is 13.1. The van der Waals surface area contributed by atoms with Gasteiger partial charge < -0.3 is 0 Å². The van der Waals surface area contributed by atoms with Crippen molar-refractivity contribution in [1.29, 1.82) is 0 Å². The molecule has 0 aliphatic rings. The summed E-state index contributed by atoms with van der Waals surface area (Å²) in [4.78, 5) is 3.84. The summed E-state index contributed by atoms with van der Waals surface area (Å²) in [6.45, 7) is 0. The average molecular weight is 200 g/mol. The van der Waals surface area contributed by atoms with Gasteiger partial charge in [-0.3, -0.25) is 17.9 Å². The van der Waals surface area contributed by atoms with Gasteiger partial charge in [-0.05, 0) is 6.07 Å². The number of pyridine rings is 1. The molecular formula is C5H3BrFMgN. The standard InChI is InChI=1S/C5H3FN.BrH.Mg/c6-5-2-1-3-7-4-5;;/h1-2,4H;1H;/q;;+1/p-1. The van der Waals surface area contributed by atoms with E-state index in [2.05, 4.69) is 17.9 Å². The fraction of sp³-hybridized carbons (Fsp3) is 0. The summed E-state index contributed by atoms with van der Waals surface area (Å²) in [5, 5.41) is 0. The maximum Gasteiger partial charge on any atom is 0.535 e. The van der Waals surface area contributed by atoms with Crippen molar-refractivity contribution in [2.24, 2.45) is 0 Å². The lowest BCUT2D eigenvalue weighted by atomic mass is 10.5. The molecule has 0 spiro atoms. The van der Waals surface area contributed by atoms with E-state index in [1.165, 1.54) is 12.3 Å². The van der Waals surface area contributed by atoms with Gasteiger partial charge in [-0.15, -0.1) is 0 Å². The Labute approximate surface area is 68.3 Å². The van der Waals surface area contributed by atoms with E-state index in [4.69, 9.17) is 0 Å². The van der Waals surface area contributed by atoms with E-state index >= 15 is 0 Å². The molecule has 1 rings (SSSR count). The van der Waals surface area contributed by atoms with Gasteiger partial charge in [-0.1, -0.05) is 9.89 Å². The van der Waals surface area contributed by atoms with Crippen molar-refractivity contribution in [3.05, 3.63) is 24.1 Å². The maximum absolute atomic E-state index is 12.2. The number of hydrogen-bond donors (Lipinski definition) is 0. The van der Waals surface area contributed by atoms with Crippen LogP contribution in [0.25, 0.3) is 0 Å². The lowest BCUT2D eigenvalue weighted by Crippen LogP contribution is -2.12. The van der Waals surface area contributed by atoms with Crippen LogP contribution < -0.4 is 3.82 Å². The zero-order valence-electron chi connectivity index (χ0n) is 4.64. The Morgan fingerprint density at radius 2 is 2.33 bits per heavy atom. The van der Waals surface area contributed by atoms with E-state index in [-0.39, 0.29) is 5.82 Å². The smallest absolute Gasteiger partial charge is 0.293 e. The van der Waals surface area contributed by atoms with E-state index in [9.17, 15) is 4.39 Å². The monoisotopic (exact) mass is 199 g/mol. The van der Waals surface area contributed by atoms with Crippen molar-refractivity contribution >= 4 is 34.9 Å². The first kappa shape index (κ1) is 7.43. The van der Waals surface area contributed by atoms with E-state index in [1.807, 2.05) is 0 Å². The molecule has 1 nitrogen and oxygen atoms in total. The Morgan fingerprint density at radius 3 is 2.78 bits per heavy atom.